The van der Waals surface area contributed by atoms with Gasteiger partial charge in [-0.3, -0.25) is 4.99 Å². The molecule has 172 valence electrons. The van der Waals surface area contributed by atoms with E-state index in [0.717, 1.165) is 46.3 Å². The number of aliphatic imine (C=N–C) groups is 1. The number of nitrogen functional groups attached to an aromatic ring is 1. The molecule has 0 aromatic heterocycles. The van der Waals surface area contributed by atoms with Crippen molar-refractivity contribution in [3.63, 3.8) is 0 Å². The zero-order valence-electron chi connectivity index (χ0n) is 19.5. The Morgan fingerprint density at radius 1 is 0.912 bits per heavy atom. The van der Waals surface area contributed by atoms with Crippen molar-refractivity contribution in [3.05, 3.63) is 108 Å². The van der Waals surface area contributed by atoms with Gasteiger partial charge in [-0.15, -0.1) is 9.24 Å². The van der Waals surface area contributed by atoms with Crippen LogP contribution in [-0.2, 0) is 6.54 Å². The third-order valence-electron chi connectivity index (χ3n) is 5.75. The molecule has 1 atom stereocenters. The summed E-state index contributed by atoms with van der Waals surface area (Å²) < 4.78 is 0. The number of para-hydroxylation sites is 2. The number of hydrogen-bond donors (Lipinski definition) is 3. The van der Waals surface area contributed by atoms with Crippen LogP contribution in [0.2, 0.25) is 0 Å². The van der Waals surface area contributed by atoms with Gasteiger partial charge < -0.3 is 16.4 Å². The standard InChI is InChI=1S/C29H31N4P/c1-3-18-31-28-23(15-9-17-27(28)34)20(2)33-29(25-14-6-7-16-26(25)30)32-19-22-12-8-11-21-10-4-5-13-24(21)22/h4-17,31H,2-3,18-19,30,34H2,1H3,(H,32,33). The first kappa shape index (κ1) is 23.5. The molecule has 0 saturated carbocycles. The van der Waals surface area contributed by atoms with Crippen LogP contribution in [0.15, 0.2) is 96.5 Å². The van der Waals surface area contributed by atoms with E-state index in [0.29, 0.717) is 18.1 Å². The highest BCUT2D eigenvalue weighted by Gasteiger charge is 2.13. The zero-order valence-corrected chi connectivity index (χ0v) is 20.7. The summed E-state index contributed by atoms with van der Waals surface area (Å²) in [5.74, 6) is 0.701. The molecule has 0 heterocycles. The molecular weight excluding hydrogens is 435 g/mol. The van der Waals surface area contributed by atoms with E-state index in [9.17, 15) is 0 Å². The van der Waals surface area contributed by atoms with Crippen molar-refractivity contribution in [2.45, 2.75) is 19.9 Å². The Hall–Kier alpha value is -3.62. The lowest BCUT2D eigenvalue weighted by Crippen LogP contribution is -2.25. The van der Waals surface area contributed by atoms with E-state index in [4.69, 9.17) is 10.7 Å². The molecule has 34 heavy (non-hydrogen) atoms. The summed E-state index contributed by atoms with van der Waals surface area (Å²) in [6.45, 7) is 7.92. The van der Waals surface area contributed by atoms with Gasteiger partial charge in [-0.1, -0.05) is 86.3 Å². The molecule has 0 spiro atoms. The number of amidine groups is 1. The molecular formula is C29H31N4P. The summed E-state index contributed by atoms with van der Waals surface area (Å²) in [6, 6.07) is 28.7. The zero-order chi connectivity index (χ0) is 23.9. The predicted molar refractivity (Wildman–Crippen MR) is 152 cm³/mol. The minimum Gasteiger partial charge on any atom is -0.398 e. The second kappa shape index (κ2) is 11.0. The summed E-state index contributed by atoms with van der Waals surface area (Å²) in [6.07, 6.45) is 1.04. The fraction of sp³-hybridized carbons (Fsp3) is 0.138. The van der Waals surface area contributed by atoms with Gasteiger partial charge in [-0.25, -0.2) is 0 Å². The molecule has 0 aliphatic rings. The van der Waals surface area contributed by atoms with E-state index in [1.807, 2.05) is 30.3 Å². The Balaban J connectivity index is 1.70. The number of nitrogens with zero attached hydrogens (tertiary/aromatic N) is 1. The van der Waals surface area contributed by atoms with Crippen molar-refractivity contribution in [1.29, 1.82) is 0 Å². The first-order chi connectivity index (χ1) is 16.6. The van der Waals surface area contributed by atoms with E-state index in [1.54, 1.807) is 0 Å². The number of anilines is 2. The van der Waals surface area contributed by atoms with Crippen molar-refractivity contribution in [1.82, 2.24) is 5.32 Å². The van der Waals surface area contributed by atoms with E-state index < -0.39 is 0 Å². The van der Waals surface area contributed by atoms with Crippen LogP contribution in [0.5, 0.6) is 0 Å². The van der Waals surface area contributed by atoms with Gasteiger partial charge in [0.15, 0.2) is 0 Å². The SMILES string of the molecule is C=C(NC(=NCc1cccc2ccccc12)c1ccccc1N)c1cccc(P)c1NCCC. The molecule has 1 unspecified atom stereocenters. The van der Waals surface area contributed by atoms with E-state index in [2.05, 4.69) is 88.0 Å². The quantitative estimate of drug-likeness (QED) is 0.130. The van der Waals surface area contributed by atoms with Crippen molar-refractivity contribution in [2.75, 3.05) is 17.6 Å². The van der Waals surface area contributed by atoms with Crippen LogP contribution < -0.4 is 21.7 Å². The van der Waals surface area contributed by atoms with Crippen LogP contribution in [-0.4, -0.2) is 12.4 Å². The van der Waals surface area contributed by atoms with Crippen molar-refractivity contribution < 1.29 is 0 Å². The maximum absolute atomic E-state index is 6.35. The van der Waals surface area contributed by atoms with Crippen LogP contribution in [0.4, 0.5) is 11.4 Å². The minimum atomic E-state index is 0.524. The summed E-state index contributed by atoms with van der Waals surface area (Å²) in [5, 5.41) is 10.5. The lowest BCUT2D eigenvalue weighted by Gasteiger charge is -2.19. The Bertz CT molecular complexity index is 1340. The van der Waals surface area contributed by atoms with E-state index in [1.165, 1.54) is 10.8 Å². The third-order valence-corrected chi connectivity index (χ3v) is 6.23. The van der Waals surface area contributed by atoms with Gasteiger partial charge in [0.1, 0.15) is 5.84 Å². The van der Waals surface area contributed by atoms with Crippen LogP contribution in [0, 0.1) is 0 Å². The molecule has 4 rings (SSSR count). The van der Waals surface area contributed by atoms with Crippen molar-refractivity contribution in [2.24, 2.45) is 4.99 Å². The molecule has 0 aliphatic carbocycles. The molecule has 0 fully saturated rings. The van der Waals surface area contributed by atoms with E-state index in [-0.39, 0.29) is 0 Å². The number of hydrogen-bond acceptors (Lipinski definition) is 3. The predicted octanol–water partition coefficient (Wildman–Crippen LogP) is 5.95. The van der Waals surface area contributed by atoms with Crippen LogP contribution in [0.3, 0.4) is 0 Å². The molecule has 4 nitrogen and oxygen atoms in total. The molecule has 0 saturated heterocycles. The number of fused-ring (bicyclic) bond motifs is 1. The Labute approximate surface area is 204 Å². The lowest BCUT2D eigenvalue weighted by molar-refractivity contribution is 0.979. The van der Waals surface area contributed by atoms with E-state index >= 15 is 0 Å². The average molecular weight is 467 g/mol. The molecule has 4 aromatic carbocycles. The Morgan fingerprint density at radius 3 is 2.44 bits per heavy atom. The van der Waals surface area contributed by atoms with Gasteiger partial charge in [-0.2, -0.15) is 0 Å². The highest BCUT2D eigenvalue weighted by atomic mass is 31.0. The fourth-order valence-electron chi connectivity index (χ4n) is 3.98. The molecule has 0 radical (unpaired) electrons. The van der Waals surface area contributed by atoms with Gasteiger partial charge in [0.25, 0.3) is 0 Å². The highest BCUT2D eigenvalue weighted by Crippen LogP contribution is 2.24. The van der Waals surface area contributed by atoms with Gasteiger partial charge in [0.05, 0.1) is 12.2 Å². The van der Waals surface area contributed by atoms with Crippen molar-refractivity contribution >= 4 is 48.2 Å². The second-order valence-electron chi connectivity index (χ2n) is 8.19. The number of nitrogens with two attached hydrogens (primary N) is 1. The molecule has 0 bridgehead atoms. The minimum absolute atomic E-state index is 0.524. The maximum atomic E-state index is 6.35. The molecule has 4 aromatic rings. The largest absolute Gasteiger partial charge is 0.398 e. The van der Waals surface area contributed by atoms with Crippen molar-refractivity contribution in [3.8, 4) is 0 Å². The van der Waals surface area contributed by atoms with Crippen LogP contribution in [0.25, 0.3) is 16.5 Å². The normalized spacial score (nSPS) is 11.4. The van der Waals surface area contributed by atoms with Gasteiger partial charge >= 0.3 is 0 Å². The first-order valence-corrected chi connectivity index (χ1v) is 12.1. The fourth-order valence-corrected chi connectivity index (χ4v) is 4.35. The maximum Gasteiger partial charge on any atom is 0.135 e. The number of nitrogens with one attached hydrogen (secondary N) is 2. The summed E-state index contributed by atoms with van der Waals surface area (Å²) >= 11 is 0. The van der Waals surface area contributed by atoms with Crippen LogP contribution >= 0.6 is 9.24 Å². The molecule has 5 heteroatoms. The Kier molecular flexibility index (Phi) is 7.61. The van der Waals surface area contributed by atoms with Crippen LogP contribution in [0.1, 0.15) is 30.0 Å². The monoisotopic (exact) mass is 466 g/mol. The smallest absolute Gasteiger partial charge is 0.135 e. The van der Waals surface area contributed by atoms with Gasteiger partial charge in [0.2, 0.25) is 0 Å². The summed E-state index contributed by atoms with van der Waals surface area (Å²) in [4.78, 5) is 4.99. The second-order valence-corrected chi connectivity index (χ2v) is 8.81. The molecule has 0 amide bonds. The topological polar surface area (TPSA) is 62.4 Å². The average Bonchev–Trinajstić information content (AvgIpc) is 2.86. The highest BCUT2D eigenvalue weighted by molar-refractivity contribution is 7.28. The van der Waals surface area contributed by atoms with Gasteiger partial charge in [0, 0.05) is 29.1 Å². The number of rotatable bonds is 8. The summed E-state index contributed by atoms with van der Waals surface area (Å²) in [5.41, 5.74) is 11.9. The molecule has 4 N–H and O–H groups in total. The number of benzene rings is 4. The first-order valence-electron chi connectivity index (χ1n) is 11.5. The molecule has 0 aliphatic heterocycles. The van der Waals surface area contributed by atoms with Gasteiger partial charge in [-0.05, 0) is 40.2 Å². The Morgan fingerprint density at radius 2 is 1.62 bits per heavy atom. The third kappa shape index (κ3) is 5.30. The lowest BCUT2D eigenvalue weighted by atomic mass is 10.0. The summed E-state index contributed by atoms with van der Waals surface area (Å²) in [7, 11) is 2.80.